The maximum absolute atomic E-state index is 13.1. The highest BCUT2D eigenvalue weighted by Crippen LogP contribution is 2.20. The number of hydrogen-bond donors (Lipinski definition) is 0. The molecule has 3 rings (SSSR count). The van der Waals surface area contributed by atoms with Crippen LogP contribution in [0.1, 0.15) is 16.1 Å². The number of halogens is 2. The Morgan fingerprint density at radius 1 is 1.32 bits per heavy atom. The monoisotopic (exact) mass is 339 g/mol. The quantitative estimate of drug-likeness (QED) is 0.862. The van der Waals surface area contributed by atoms with Crippen molar-refractivity contribution in [1.82, 2.24) is 14.8 Å². The molecule has 116 valence electrons. The molecule has 0 bridgehead atoms. The van der Waals surface area contributed by atoms with Gasteiger partial charge in [0, 0.05) is 43.1 Å². The largest absolute Gasteiger partial charge is 0.335 e. The fourth-order valence-electron chi connectivity index (χ4n) is 2.48. The van der Waals surface area contributed by atoms with Crippen LogP contribution in [0.4, 0.5) is 4.39 Å². The van der Waals surface area contributed by atoms with E-state index >= 15 is 0 Å². The molecule has 1 aromatic carbocycles. The van der Waals surface area contributed by atoms with Crippen molar-refractivity contribution in [3.8, 4) is 0 Å². The molecule has 1 aliphatic heterocycles. The second-order valence-corrected chi connectivity index (χ2v) is 6.30. The number of carbonyl (C=O) groups excluding carboxylic acids is 1. The van der Waals surface area contributed by atoms with E-state index in [1.165, 1.54) is 23.5 Å². The van der Waals surface area contributed by atoms with Crippen molar-refractivity contribution >= 4 is 28.8 Å². The summed E-state index contributed by atoms with van der Waals surface area (Å²) >= 11 is 7.48. The van der Waals surface area contributed by atoms with E-state index in [9.17, 15) is 9.18 Å². The highest BCUT2D eigenvalue weighted by Gasteiger charge is 2.23. The molecule has 1 fully saturated rings. The predicted octanol–water partition coefficient (Wildman–Crippen LogP) is 2.89. The third kappa shape index (κ3) is 3.45. The van der Waals surface area contributed by atoms with Crippen molar-refractivity contribution in [2.75, 3.05) is 26.2 Å². The molecule has 0 aliphatic carbocycles. The van der Waals surface area contributed by atoms with Gasteiger partial charge in [0.15, 0.2) is 0 Å². The Bertz CT molecular complexity index is 657. The first-order chi connectivity index (χ1) is 10.6. The molecule has 0 radical (unpaired) electrons. The van der Waals surface area contributed by atoms with Crippen molar-refractivity contribution in [3.05, 3.63) is 51.2 Å². The van der Waals surface area contributed by atoms with Crippen LogP contribution in [0.5, 0.6) is 0 Å². The Hall–Kier alpha value is -1.50. The number of benzene rings is 1. The zero-order chi connectivity index (χ0) is 15.5. The molecule has 2 heterocycles. The highest BCUT2D eigenvalue weighted by atomic mass is 35.5. The van der Waals surface area contributed by atoms with Gasteiger partial charge in [0.05, 0.1) is 5.51 Å². The van der Waals surface area contributed by atoms with Crippen LogP contribution in [-0.4, -0.2) is 46.9 Å². The van der Waals surface area contributed by atoms with Crippen molar-refractivity contribution in [2.24, 2.45) is 0 Å². The van der Waals surface area contributed by atoms with Gasteiger partial charge in [0.1, 0.15) is 11.5 Å². The molecule has 0 saturated carbocycles. The van der Waals surface area contributed by atoms with Crippen molar-refractivity contribution in [1.29, 1.82) is 0 Å². The molecule has 0 N–H and O–H groups in total. The first-order valence-electron chi connectivity index (χ1n) is 6.97. The standard InChI is InChI=1S/C15H15ClFN3OS/c16-13-7-12(17)2-1-11(13)8-19-3-5-20(6-4-19)15(21)14-9-22-10-18-14/h1-2,7,9-10H,3-6,8H2. The van der Waals surface area contributed by atoms with Crippen LogP contribution in [0.15, 0.2) is 29.1 Å². The lowest BCUT2D eigenvalue weighted by Gasteiger charge is -2.34. The predicted molar refractivity (Wildman–Crippen MR) is 84.7 cm³/mol. The van der Waals surface area contributed by atoms with Gasteiger partial charge in [-0.05, 0) is 17.7 Å². The average molecular weight is 340 g/mol. The lowest BCUT2D eigenvalue weighted by Crippen LogP contribution is -2.48. The van der Waals surface area contributed by atoms with E-state index in [4.69, 9.17) is 11.6 Å². The van der Waals surface area contributed by atoms with Gasteiger partial charge in [-0.25, -0.2) is 9.37 Å². The minimum Gasteiger partial charge on any atom is -0.335 e. The van der Waals surface area contributed by atoms with Crippen LogP contribution in [-0.2, 0) is 6.54 Å². The van der Waals surface area contributed by atoms with Crippen molar-refractivity contribution in [2.45, 2.75) is 6.54 Å². The number of thiazole rings is 1. The average Bonchev–Trinajstić information content (AvgIpc) is 3.04. The molecule has 1 aliphatic rings. The molecule has 1 aromatic heterocycles. The number of amides is 1. The fraction of sp³-hybridized carbons (Fsp3) is 0.333. The Labute approximate surface area is 137 Å². The first kappa shape index (κ1) is 15.4. The van der Waals surface area contributed by atoms with Gasteiger partial charge in [-0.1, -0.05) is 17.7 Å². The summed E-state index contributed by atoms with van der Waals surface area (Å²) in [5.41, 5.74) is 3.09. The smallest absolute Gasteiger partial charge is 0.273 e. The molecule has 7 heteroatoms. The van der Waals surface area contributed by atoms with Gasteiger partial charge in [-0.3, -0.25) is 9.69 Å². The van der Waals surface area contributed by atoms with E-state index in [2.05, 4.69) is 9.88 Å². The summed E-state index contributed by atoms with van der Waals surface area (Å²) in [7, 11) is 0. The molecule has 0 spiro atoms. The van der Waals surface area contributed by atoms with Crippen LogP contribution >= 0.6 is 22.9 Å². The van der Waals surface area contributed by atoms with Gasteiger partial charge in [-0.2, -0.15) is 0 Å². The van der Waals surface area contributed by atoms with Gasteiger partial charge in [0.2, 0.25) is 0 Å². The van der Waals surface area contributed by atoms with Crippen LogP contribution in [0.3, 0.4) is 0 Å². The zero-order valence-corrected chi connectivity index (χ0v) is 13.4. The lowest BCUT2D eigenvalue weighted by molar-refractivity contribution is 0.0623. The third-order valence-corrected chi connectivity index (χ3v) is 4.66. The zero-order valence-electron chi connectivity index (χ0n) is 11.8. The Kier molecular flexibility index (Phi) is 4.71. The molecule has 0 atom stereocenters. The highest BCUT2D eigenvalue weighted by molar-refractivity contribution is 7.07. The summed E-state index contributed by atoms with van der Waals surface area (Å²) in [5.74, 6) is -0.340. The van der Waals surface area contributed by atoms with Gasteiger partial charge in [-0.15, -0.1) is 11.3 Å². The summed E-state index contributed by atoms with van der Waals surface area (Å²) in [6.45, 7) is 3.52. The molecule has 2 aromatic rings. The molecule has 1 amide bonds. The number of piperazine rings is 1. The summed E-state index contributed by atoms with van der Waals surface area (Å²) in [5, 5.41) is 2.22. The SMILES string of the molecule is O=C(c1cscn1)N1CCN(Cc2ccc(F)cc2Cl)CC1. The van der Waals surface area contributed by atoms with Crippen LogP contribution in [0, 0.1) is 5.82 Å². The maximum atomic E-state index is 13.1. The Morgan fingerprint density at radius 3 is 2.73 bits per heavy atom. The molecule has 0 unspecified atom stereocenters. The Morgan fingerprint density at radius 2 is 2.09 bits per heavy atom. The lowest BCUT2D eigenvalue weighted by atomic mass is 10.2. The van der Waals surface area contributed by atoms with Crippen molar-refractivity contribution < 1.29 is 9.18 Å². The minimum atomic E-state index is -0.326. The van der Waals surface area contributed by atoms with Gasteiger partial charge >= 0.3 is 0 Å². The van der Waals surface area contributed by atoms with Crippen molar-refractivity contribution in [3.63, 3.8) is 0 Å². The van der Waals surface area contributed by atoms with E-state index in [1.54, 1.807) is 17.0 Å². The molecule has 1 saturated heterocycles. The summed E-state index contributed by atoms with van der Waals surface area (Å²) in [6.07, 6.45) is 0. The van der Waals surface area contributed by atoms with Gasteiger partial charge in [0.25, 0.3) is 5.91 Å². The summed E-state index contributed by atoms with van der Waals surface area (Å²) in [4.78, 5) is 20.3. The van der Waals surface area contributed by atoms with E-state index in [1.807, 2.05) is 4.90 Å². The van der Waals surface area contributed by atoms with E-state index < -0.39 is 0 Å². The normalized spacial score (nSPS) is 16.0. The Balaban J connectivity index is 1.56. The second-order valence-electron chi connectivity index (χ2n) is 5.18. The molecular weight excluding hydrogens is 325 g/mol. The third-order valence-electron chi connectivity index (χ3n) is 3.72. The maximum Gasteiger partial charge on any atom is 0.273 e. The number of carbonyl (C=O) groups is 1. The number of nitrogens with zero attached hydrogens (tertiary/aromatic N) is 3. The molecule has 22 heavy (non-hydrogen) atoms. The van der Waals surface area contributed by atoms with E-state index in [0.717, 1.165) is 18.7 Å². The van der Waals surface area contributed by atoms with Gasteiger partial charge < -0.3 is 4.90 Å². The topological polar surface area (TPSA) is 36.4 Å². The fourth-order valence-corrected chi connectivity index (χ4v) is 3.23. The van der Waals surface area contributed by atoms with E-state index in [-0.39, 0.29) is 11.7 Å². The molecular formula is C15H15ClFN3OS. The molecule has 4 nitrogen and oxygen atoms in total. The summed E-state index contributed by atoms with van der Waals surface area (Å²) < 4.78 is 13.1. The number of aromatic nitrogens is 1. The van der Waals surface area contributed by atoms with Crippen LogP contribution < -0.4 is 0 Å². The van der Waals surface area contributed by atoms with E-state index in [0.29, 0.717) is 30.4 Å². The second kappa shape index (κ2) is 6.73. The van der Waals surface area contributed by atoms with Crippen LogP contribution in [0.2, 0.25) is 5.02 Å². The van der Waals surface area contributed by atoms with Crippen LogP contribution in [0.25, 0.3) is 0 Å². The summed E-state index contributed by atoms with van der Waals surface area (Å²) in [6, 6.07) is 4.46. The number of hydrogen-bond acceptors (Lipinski definition) is 4. The minimum absolute atomic E-state index is 0.0132. The number of rotatable bonds is 3. The first-order valence-corrected chi connectivity index (χ1v) is 8.29.